The van der Waals surface area contributed by atoms with Gasteiger partial charge in [0, 0.05) is 12.6 Å². The third-order valence-corrected chi connectivity index (χ3v) is 3.81. The lowest BCUT2D eigenvalue weighted by molar-refractivity contribution is -0.144. The first-order valence-electron chi connectivity index (χ1n) is 8.20. The fraction of sp³-hybridized carbons (Fsp3) is 0.412. The average molecular weight is 383 g/mol. The van der Waals surface area contributed by atoms with Crippen LogP contribution in [0.3, 0.4) is 0 Å². The first kappa shape index (κ1) is 20.3. The molecule has 5 amide bonds. The Kier molecular flexibility index (Phi) is 6.43. The van der Waals surface area contributed by atoms with Crippen LogP contribution in [0.15, 0.2) is 24.3 Å². The van der Waals surface area contributed by atoms with Gasteiger partial charge in [0.1, 0.15) is 12.3 Å². The lowest BCUT2D eigenvalue weighted by atomic mass is 10.1. The van der Waals surface area contributed by atoms with Gasteiger partial charge >= 0.3 is 24.5 Å². The van der Waals surface area contributed by atoms with Gasteiger partial charge < -0.3 is 10.1 Å². The van der Waals surface area contributed by atoms with Gasteiger partial charge in [0.2, 0.25) is 5.91 Å². The van der Waals surface area contributed by atoms with Gasteiger partial charge in [-0.25, -0.2) is 9.69 Å². The second-order valence-corrected chi connectivity index (χ2v) is 6.03. The van der Waals surface area contributed by atoms with Crippen molar-refractivity contribution in [3.63, 3.8) is 0 Å². The van der Waals surface area contributed by atoms with E-state index < -0.39 is 43.0 Å². The molecule has 1 aromatic carbocycles. The molecule has 1 saturated heterocycles. The van der Waals surface area contributed by atoms with Crippen molar-refractivity contribution < 1.29 is 32.7 Å². The molecule has 2 rings (SSSR count). The van der Waals surface area contributed by atoms with Crippen molar-refractivity contribution in [2.75, 3.05) is 13.1 Å². The summed E-state index contributed by atoms with van der Waals surface area (Å²) in [5.41, 5.74) is 0.465. The third kappa shape index (κ3) is 4.78. The van der Waals surface area contributed by atoms with Gasteiger partial charge in [-0.15, -0.1) is 0 Å². The molecule has 0 spiro atoms. The van der Waals surface area contributed by atoms with E-state index in [9.17, 15) is 28.0 Å². The van der Waals surface area contributed by atoms with E-state index in [0.29, 0.717) is 10.5 Å². The number of amides is 5. The minimum absolute atomic E-state index is 0.00446. The summed E-state index contributed by atoms with van der Waals surface area (Å²) < 4.78 is 29.2. The maximum Gasteiger partial charge on any atom is 0.387 e. The summed E-state index contributed by atoms with van der Waals surface area (Å²) in [7, 11) is 0. The molecule has 1 aromatic rings. The van der Waals surface area contributed by atoms with Gasteiger partial charge in [-0.3, -0.25) is 19.3 Å². The zero-order valence-corrected chi connectivity index (χ0v) is 14.8. The molecular formula is C17H19F2N3O5. The predicted molar refractivity (Wildman–Crippen MR) is 88.9 cm³/mol. The van der Waals surface area contributed by atoms with E-state index in [-0.39, 0.29) is 18.7 Å². The number of para-hydroxylation sites is 1. The summed E-state index contributed by atoms with van der Waals surface area (Å²) in [6, 6.07) is 4.80. The number of carbonyl (C=O) groups excluding carboxylic acids is 4. The van der Waals surface area contributed by atoms with Crippen LogP contribution in [-0.2, 0) is 20.8 Å². The van der Waals surface area contributed by atoms with Crippen molar-refractivity contribution in [3.05, 3.63) is 29.8 Å². The molecule has 0 saturated carbocycles. The molecule has 10 heteroatoms. The number of alkyl halides is 2. The Labute approximate surface area is 154 Å². The summed E-state index contributed by atoms with van der Waals surface area (Å²) in [4.78, 5) is 49.1. The first-order chi connectivity index (χ1) is 12.7. The molecule has 146 valence electrons. The molecule has 8 nitrogen and oxygen atoms in total. The number of halogens is 2. The fourth-order valence-corrected chi connectivity index (χ4v) is 2.57. The number of ether oxygens (including phenoxy) is 1. The second kappa shape index (κ2) is 8.56. The van der Waals surface area contributed by atoms with Crippen LogP contribution >= 0.6 is 0 Å². The van der Waals surface area contributed by atoms with E-state index >= 15 is 0 Å². The minimum atomic E-state index is -2.96. The lowest BCUT2D eigenvalue weighted by Gasteiger charge is -2.18. The SMILES string of the molecule is CC(C)N1C(=O)C(=O)N(CC(=O)NCCc2ccccc2OC(F)F)C1=O. The largest absolute Gasteiger partial charge is 0.435 e. The number of carbonyl (C=O) groups is 4. The van der Waals surface area contributed by atoms with Crippen LogP contribution < -0.4 is 10.1 Å². The standard InChI is InChI=1S/C17H19F2N3O5/c1-10(2)22-15(25)14(24)21(17(22)26)9-13(23)20-8-7-11-5-3-4-6-12(11)27-16(18)19/h3-6,10,16H,7-9H2,1-2H3,(H,20,23). The summed E-state index contributed by atoms with van der Waals surface area (Å²) in [6.07, 6.45) is 0.202. The van der Waals surface area contributed by atoms with E-state index in [1.165, 1.54) is 6.07 Å². The smallest absolute Gasteiger partial charge is 0.387 e. The van der Waals surface area contributed by atoms with Crippen LogP contribution in [0.4, 0.5) is 13.6 Å². The van der Waals surface area contributed by atoms with Crippen molar-refractivity contribution in [2.45, 2.75) is 32.9 Å². The maximum atomic E-state index is 12.4. The zero-order valence-electron chi connectivity index (χ0n) is 14.8. The highest BCUT2D eigenvalue weighted by atomic mass is 19.3. The van der Waals surface area contributed by atoms with E-state index in [2.05, 4.69) is 10.1 Å². The van der Waals surface area contributed by atoms with Gasteiger partial charge in [0.25, 0.3) is 0 Å². The highest BCUT2D eigenvalue weighted by Gasteiger charge is 2.46. The van der Waals surface area contributed by atoms with E-state index in [1.807, 2.05) is 0 Å². The fourth-order valence-electron chi connectivity index (χ4n) is 2.57. The number of benzene rings is 1. The average Bonchev–Trinajstić information content (AvgIpc) is 2.79. The Balaban J connectivity index is 1.90. The number of nitrogens with one attached hydrogen (secondary N) is 1. The molecule has 1 aliphatic rings. The topological polar surface area (TPSA) is 96.0 Å². The number of rotatable bonds is 8. The highest BCUT2D eigenvalue weighted by molar-refractivity contribution is 6.45. The summed E-state index contributed by atoms with van der Waals surface area (Å²) in [5, 5.41) is 2.48. The van der Waals surface area contributed by atoms with Crippen LogP contribution in [0.5, 0.6) is 5.75 Å². The van der Waals surface area contributed by atoms with E-state index in [0.717, 1.165) is 4.90 Å². The summed E-state index contributed by atoms with van der Waals surface area (Å²) >= 11 is 0. The van der Waals surface area contributed by atoms with Crippen molar-refractivity contribution in [1.29, 1.82) is 0 Å². The van der Waals surface area contributed by atoms with Crippen LogP contribution in [0.1, 0.15) is 19.4 Å². The van der Waals surface area contributed by atoms with Crippen molar-refractivity contribution >= 4 is 23.8 Å². The lowest BCUT2D eigenvalue weighted by Crippen LogP contribution is -2.42. The molecule has 1 heterocycles. The third-order valence-electron chi connectivity index (χ3n) is 3.81. The van der Waals surface area contributed by atoms with Crippen LogP contribution in [0.25, 0.3) is 0 Å². The van der Waals surface area contributed by atoms with E-state index in [1.54, 1.807) is 32.0 Å². The first-order valence-corrected chi connectivity index (χ1v) is 8.20. The number of hydrogen-bond donors (Lipinski definition) is 1. The van der Waals surface area contributed by atoms with Crippen LogP contribution in [0.2, 0.25) is 0 Å². The highest BCUT2D eigenvalue weighted by Crippen LogP contribution is 2.20. The van der Waals surface area contributed by atoms with Crippen LogP contribution in [0, 0.1) is 0 Å². The second-order valence-electron chi connectivity index (χ2n) is 6.03. The zero-order chi connectivity index (χ0) is 20.1. The minimum Gasteiger partial charge on any atom is -0.435 e. The van der Waals surface area contributed by atoms with E-state index in [4.69, 9.17) is 0 Å². The molecule has 0 unspecified atom stereocenters. The van der Waals surface area contributed by atoms with Crippen molar-refractivity contribution in [3.8, 4) is 5.75 Å². The summed E-state index contributed by atoms with van der Waals surface area (Å²) in [6.45, 7) is -0.339. The molecule has 27 heavy (non-hydrogen) atoms. The van der Waals surface area contributed by atoms with Gasteiger partial charge in [-0.05, 0) is 31.9 Å². The molecular weight excluding hydrogens is 364 g/mol. The number of imide groups is 2. The Hall–Kier alpha value is -3.04. The normalized spacial score (nSPS) is 14.5. The quantitative estimate of drug-likeness (QED) is 0.537. The summed E-state index contributed by atoms with van der Waals surface area (Å²) in [5.74, 6) is -2.67. The number of urea groups is 1. The molecule has 0 atom stereocenters. The molecule has 0 aromatic heterocycles. The van der Waals surface area contributed by atoms with Crippen LogP contribution in [-0.4, -0.2) is 59.3 Å². The molecule has 1 N–H and O–H groups in total. The van der Waals surface area contributed by atoms with Gasteiger partial charge in [0.15, 0.2) is 0 Å². The molecule has 1 fully saturated rings. The molecule has 0 radical (unpaired) electrons. The van der Waals surface area contributed by atoms with Gasteiger partial charge in [-0.1, -0.05) is 18.2 Å². The Bertz CT molecular complexity index is 754. The maximum absolute atomic E-state index is 12.4. The number of nitrogens with zero attached hydrogens (tertiary/aromatic N) is 2. The predicted octanol–water partition coefficient (Wildman–Crippen LogP) is 1.15. The molecule has 0 bridgehead atoms. The monoisotopic (exact) mass is 383 g/mol. The Morgan fingerprint density at radius 2 is 1.81 bits per heavy atom. The molecule has 0 aliphatic carbocycles. The Morgan fingerprint density at radius 3 is 2.41 bits per heavy atom. The van der Waals surface area contributed by atoms with Crippen molar-refractivity contribution in [2.24, 2.45) is 0 Å². The van der Waals surface area contributed by atoms with Crippen molar-refractivity contribution in [1.82, 2.24) is 15.1 Å². The van der Waals surface area contributed by atoms with Gasteiger partial charge in [0.05, 0.1) is 0 Å². The van der Waals surface area contributed by atoms with Gasteiger partial charge in [-0.2, -0.15) is 8.78 Å². The number of hydrogen-bond acceptors (Lipinski definition) is 5. The molecule has 1 aliphatic heterocycles. The Morgan fingerprint density at radius 1 is 1.15 bits per heavy atom.